The molecule has 7 heteroatoms. The summed E-state index contributed by atoms with van der Waals surface area (Å²) in [5, 5.41) is 12.8. The van der Waals surface area contributed by atoms with Gasteiger partial charge in [0.05, 0.1) is 32.5 Å². The van der Waals surface area contributed by atoms with Gasteiger partial charge in [-0.2, -0.15) is 0 Å². The lowest BCUT2D eigenvalue weighted by Crippen LogP contribution is -2.43. The monoisotopic (exact) mass is 349 g/mol. The van der Waals surface area contributed by atoms with E-state index in [1.54, 1.807) is 19.4 Å². The number of nitrogens with zero attached hydrogens (tertiary/aromatic N) is 2. The highest BCUT2D eigenvalue weighted by molar-refractivity contribution is 5.76. The van der Waals surface area contributed by atoms with Crippen molar-refractivity contribution in [2.45, 2.75) is 31.4 Å². The van der Waals surface area contributed by atoms with E-state index in [0.717, 1.165) is 38.4 Å². The van der Waals surface area contributed by atoms with Crippen molar-refractivity contribution in [3.8, 4) is 5.88 Å². The van der Waals surface area contributed by atoms with E-state index in [0.29, 0.717) is 25.1 Å². The molecule has 0 spiro atoms. The number of aromatic nitrogens is 1. The van der Waals surface area contributed by atoms with Crippen LogP contribution < -0.4 is 10.1 Å². The van der Waals surface area contributed by atoms with Crippen molar-refractivity contribution in [1.29, 1.82) is 0 Å². The van der Waals surface area contributed by atoms with Crippen LogP contribution in [0.2, 0.25) is 0 Å². The van der Waals surface area contributed by atoms with Crippen molar-refractivity contribution in [2.75, 3.05) is 40.0 Å². The van der Waals surface area contributed by atoms with E-state index in [-0.39, 0.29) is 24.0 Å². The Morgan fingerprint density at radius 3 is 2.80 bits per heavy atom. The van der Waals surface area contributed by atoms with Gasteiger partial charge in [0.1, 0.15) is 0 Å². The van der Waals surface area contributed by atoms with Gasteiger partial charge in [0.25, 0.3) is 0 Å². The van der Waals surface area contributed by atoms with Crippen LogP contribution in [0.4, 0.5) is 0 Å². The summed E-state index contributed by atoms with van der Waals surface area (Å²) in [7, 11) is 1.58. The van der Waals surface area contributed by atoms with Gasteiger partial charge in [-0.05, 0) is 24.3 Å². The highest BCUT2D eigenvalue weighted by Crippen LogP contribution is 2.38. The van der Waals surface area contributed by atoms with Crippen LogP contribution in [0.3, 0.4) is 0 Å². The van der Waals surface area contributed by atoms with Gasteiger partial charge in [0, 0.05) is 38.3 Å². The molecule has 7 nitrogen and oxygen atoms in total. The molecule has 2 N–H and O–H groups in total. The molecule has 2 fully saturated rings. The third-order valence-corrected chi connectivity index (χ3v) is 5.02. The molecule has 1 saturated carbocycles. The molecule has 0 radical (unpaired) electrons. The minimum atomic E-state index is -0.260. The zero-order valence-corrected chi connectivity index (χ0v) is 14.7. The number of methoxy groups -OCH3 is 1. The summed E-state index contributed by atoms with van der Waals surface area (Å²) in [4.78, 5) is 18.9. The topological polar surface area (TPSA) is 83.9 Å². The molecule has 0 aromatic carbocycles. The van der Waals surface area contributed by atoms with Gasteiger partial charge >= 0.3 is 0 Å². The summed E-state index contributed by atoms with van der Waals surface area (Å²) in [5.74, 6) is 0.834. The molecule has 1 aromatic heterocycles. The van der Waals surface area contributed by atoms with Crippen LogP contribution in [0.1, 0.15) is 30.9 Å². The van der Waals surface area contributed by atoms with Gasteiger partial charge in [-0.3, -0.25) is 9.69 Å². The minimum absolute atomic E-state index is 0.0358. The van der Waals surface area contributed by atoms with Crippen molar-refractivity contribution in [3.63, 3.8) is 0 Å². The van der Waals surface area contributed by atoms with Crippen LogP contribution in [-0.2, 0) is 9.53 Å². The van der Waals surface area contributed by atoms with Crippen LogP contribution in [0, 0.1) is 5.92 Å². The van der Waals surface area contributed by atoms with E-state index < -0.39 is 0 Å². The number of ether oxygens (including phenoxy) is 2. The number of aliphatic hydroxyl groups is 1. The number of carbonyl (C=O) groups excluding carboxylic acids is 1. The van der Waals surface area contributed by atoms with Crippen molar-refractivity contribution >= 4 is 5.91 Å². The quantitative estimate of drug-likeness (QED) is 0.755. The summed E-state index contributed by atoms with van der Waals surface area (Å²) in [6.07, 6.45) is 3.37. The van der Waals surface area contributed by atoms with Crippen molar-refractivity contribution in [3.05, 3.63) is 23.9 Å². The van der Waals surface area contributed by atoms with E-state index in [9.17, 15) is 9.90 Å². The highest BCUT2D eigenvalue weighted by atomic mass is 16.5. The number of hydrogen-bond donors (Lipinski definition) is 2. The molecular formula is C18H27N3O4. The number of carbonyl (C=O) groups is 1. The Balaban J connectivity index is 1.57. The number of hydrogen-bond acceptors (Lipinski definition) is 6. The molecule has 0 unspecified atom stereocenters. The number of morpholine rings is 1. The summed E-state index contributed by atoms with van der Waals surface area (Å²) in [5.41, 5.74) is 0.956. The lowest BCUT2D eigenvalue weighted by Gasteiger charge is -2.38. The maximum atomic E-state index is 12.4. The number of pyridine rings is 1. The summed E-state index contributed by atoms with van der Waals surface area (Å²) in [6.45, 7) is 3.99. The molecule has 1 amide bonds. The molecule has 2 heterocycles. The minimum Gasteiger partial charge on any atom is -0.481 e. The zero-order chi connectivity index (χ0) is 17.6. The zero-order valence-electron chi connectivity index (χ0n) is 14.7. The first kappa shape index (κ1) is 18.1. The number of rotatable bonds is 7. The standard InChI is InChI=1S/C18H27N3O4/c1-24-17-3-2-13(12-19-17)18(14-10-15(22)11-14)20-16(23)4-5-21-6-8-25-9-7-21/h2-3,12,14-15,18,22H,4-11H2,1H3,(H,20,23)/t14?,15?,18-/m0/s1. The third-order valence-electron chi connectivity index (χ3n) is 5.02. The molecule has 2 aliphatic rings. The number of nitrogens with one attached hydrogen (secondary N) is 1. The molecule has 1 saturated heterocycles. The average Bonchev–Trinajstić information content (AvgIpc) is 2.63. The Bertz CT molecular complexity index is 554. The van der Waals surface area contributed by atoms with E-state index in [2.05, 4.69) is 15.2 Å². The van der Waals surface area contributed by atoms with Gasteiger partial charge in [-0.25, -0.2) is 4.98 Å². The smallest absolute Gasteiger partial charge is 0.221 e. The molecule has 0 bridgehead atoms. The van der Waals surface area contributed by atoms with Gasteiger partial charge in [0.15, 0.2) is 0 Å². The van der Waals surface area contributed by atoms with E-state index >= 15 is 0 Å². The molecule has 1 aromatic rings. The first-order valence-electron chi connectivity index (χ1n) is 8.93. The van der Waals surface area contributed by atoms with E-state index in [4.69, 9.17) is 9.47 Å². The summed E-state index contributed by atoms with van der Waals surface area (Å²) < 4.78 is 10.4. The Labute approximate surface area is 148 Å². The predicted octanol–water partition coefficient (Wildman–Crippen LogP) is 0.741. The second-order valence-electron chi connectivity index (χ2n) is 6.77. The highest BCUT2D eigenvalue weighted by Gasteiger charge is 2.35. The number of aliphatic hydroxyl groups excluding tert-OH is 1. The van der Waals surface area contributed by atoms with Crippen molar-refractivity contribution < 1.29 is 19.4 Å². The van der Waals surface area contributed by atoms with Crippen LogP contribution in [0.15, 0.2) is 18.3 Å². The van der Waals surface area contributed by atoms with Gasteiger partial charge in [0.2, 0.25) is 11.8 Å². The first-order valence-corrected chi connectivity index (χ1v) is 8.93. The summed E-state index contributed by atoms with van der Waals surface area (Å²) >= 11 is 0. The molecule has 1 aliphatic heterocycles. The molecule has 25 heavy (non-hydrogen) atoms. The maximum absolute atomic E-state index is 12.4. The van der Waals surface area contributed by atoms with Crippen LogP contribution in [-0.4, -0.2) is 67.0 Å². The molecule has 1 aliphatic carbocycles. The molecular weight excluding hydrogens is 322 g/mol. The fourth-order valence-corrected chi connectivity index (χ4v) is 3.40. The van der Waals surface area contributed by atoms with E-state index in [1.807, 2.05) is 6.07 Å². The number of amides is 1. The largest absolute Gasteiger partial charge is 0.481 e. The Kier molecular flexibility index (Phi) is 6.23. The van der Waals surface area contributed by atoms with Crippen LogP contribution in [0.5, 0.6) is 5.88 Å². The molecule has 138 valence electrons. The summed E-state index contributed by atoms with van der Waals surface area (Å²) in [6, 6.07) is 3.62. The second kappa shape index (κ2) is 8.60. The van der Waals surface area contributed by atoms with Crippen LogP contribution >= 0.6 is 0 Å². The lowest BCUT2D eigenvalue weighted by molar-refractivity contribution is -0.123. The predicted molar refractivity (Wildman–Crippen MR) is 92.3 cm³/mol. The van der Waals surface area contributed by atoms with Gasteiger partial charge in [-0.15, -0.1) is 0 Å². The van der Waals surface area contributed by atoms with Crippen LogP contribution in [0.25, 0.3) is 0 Å². The average molecular weight is 349 g/mol. The van der Waals surface area contributed by atoms with Crippen molar-refractivity contribution in [1.82, 2.24) is 15.2 Å². The maximum Gasteiger partial charge on any atom is 0.221 e. The second-order valence-corrected chi connectivity index (χ2v) is 6.77. The fraction of sp³-hybridized carbons (Fsp3) is 0.667. The van der Waals surface area contributed by atoms with Gasteiger partial charge in [-0.1, -0.05) is 6.07 Å². The van der Waals surface area contributed by atoms with E-state index in [1.165, 1.54) is 0 Å². The Morgan fingerprint density at radius 2 is 2.20 bits per heavy atom. The first-order chi connectivity index (χ1) is 12.2. The molecule has 1 atom stereocenters. The van der Waals surface area contributed by atoms with Crippen molar-refractivity contribution in [2.24, 2.45) is 5.92 Å². The van der Waals surface area contributed by atoms with Gasteiger partial charge < -0.3 is 19.9 Å². The normalized spacial score (nSPS) is 25.0. The Hall–Kier alpha value is -1.70. The lowest BCUT2D eigenvalue weighted by atomic mass is 9.75. The fourth-order valence-electron chi connectivity index (χ4n) is 3.40. The third kappa shape index (κ3) is 4.90. The molecule has 3 rings (SSSR count). The SMILES string of the molecule is COc1ccc([C@H](NC(=O)CCN2CCOCC2)C2CC(O)C2)cn1. The Morgan fingerprint density at radius 1 is 1.44 bits per heavy atom.